The van der Waals surface area contributed by atoms with Crippen molar-refractivity contribution in [3.63, 3.8) is 0 Å². The van der Waals surface area contributed by atoms with Crippen LogP contribution in [0.2, 0.25) is 0 Å². The van der Waals surface area contributed by atoms with Gasteiger partial charge < -0.3 is 4.98 Å². The first-order valence-corrected chi connectivity index (χ1v) is 4.71. The largest absolute Gasteiger partial charge is 0.363 e. The smallest absolute Gasteiger partial charge is 0.269 e. The van der Waals surface area contributed by atoms with Gasteiger partial charge in [-0.1, -0.05) is 0 Å². The molecule has 6 heteroatoms. The Balaban J connectivity index is 3.39. The highest BCUT2D eigenvalue weighted by Gasteiger charge is 2.18. The molecule has 1 rings (SSSR count). The summed E-state index contributed by atoms with van der Waals surface area (Å²) in [4.78, 5) is 13.8. The van der Waals surface area contributed by atoms with Gasteiger partial charge in [-0.25, -0.2) is 8.78 Å². The summed E-state index contributed by atoms with van der Waals surface area (Å²) in [6.07, 6.45) is -1.75. The van der Waals surface area contributed by atoms with Crippen molar-refractivity contribution < 1.29 is 8.78 Å². The Morgan fingerprint density at radius 2 is 2.29 bits per heavy atom. The number of H-pyrrole nitrogens is 1. The predicted octanol–water partition coefficient (Wildman–Crippen LogP) is 1.98. The molecule has 0 aliphatic carbocycles. The highest BCUT2D eigenvalue weighted by atomic mass is 127. The van der Waals surface area contributed by atoms with E-state index in [0.717, 1.165) is 0 Å². The first-order chi connectivity index (χ1) is 6.57. The molecule has 0 atom stereocenters. The number of aromatic amines is 1. The maximum absolute atomic E-state index is 12.5. The molecule has 1 heterocycles. The van der Waals surface area contributed by atoms with Crippen LogP contribution in [0.1, 0.15) is 17.7 Å². The lowest BCUT2D eigenvalue weighted by atomic mass is 10.1. The van der Waals surface area contributed by atoms with Crippen molar-refractivity contribution in [3.05, 3.63) is 31.2 Å². The fourth-order valence-electron chi connectivity index (χ4n) is 1.02. The normalized spacial score (nSPS) is 10.2. The zero-order valence-electron chi connectivity index (χ0n) is 6.85. The molecule has 0 saturated heterocycles. The van der Waals surface area contributed by atoms with E-state index < -0.39 is 17.4 Å². The Morgan fingerprint density at radius 1 is 1.64 bits per heavy atom. The summed E-state index contributed by atoms with van der Waals surface area (Å²) in [5.41, 5.74) is -1.31. The molecule has 0 bridgehead atoms. The summed E-state index contributed by atoms with van der Waals surface area (Å²) in [7, 11) is 0. The second kappa shape index (κ2) is 4.50. The lowest BCUT2D eigenvalue weighted by Gasteiger charge is -2.04. The zero-order valence-corrected chi connectivity index (χ0v) is 9.01. The van der Waals surface area contributed by atoms with E-state index in [-0.39, 0.29) is 15.7 Å². The van der Waals surface area contributed by atoms with E-state index in [0.29, 0.717) is 0 Å². The molecule has 74 valence electrons. The van der Waals surface area contributed by atoms with Gasteiger partial charge in [0.1, 0.15) is 0 Å². The number of hydrogen-bond acceptors (Lipinski definition) is 2. The molecule has 0 amide bonds. The summed E-state index contributed by atoms with van der Waals surface area (Å²) in [5, 5.41) is 8.37. The fraction of sp³-hybridized carbons (Fsp3) is 0.250. The lowest BCUT2D eigenvalue weighted by molar-refractivity contribution is 0.148. The lowest BCUT2D eigenvalue weighted by Crippen LogP contribution is -2.17. The maximum Gasteiger partial charge on any atom is 0.269 e. The van der Waals surface area contributed by atoms with E-state index in [9.17, 15) is 13.6 Å². The predicted molar refractivity (Wildman–Crippen MR) is 54.1 cm³/mol. The van der Waals surface area contributed by atoms with E-state index in [1.165, 1.54) is 6.20 Å². The molecule has 0 aliphatic rings. The van der Waals surface area contributed by atoms with E-state index in [1.54, 1.807) is 28.7 Å². The van der Waals surface area contributed by atoms with Crippen LogP contribution < -0.4 is 5.43 Å². The molecule has 1 aromatic rings. The topological polar surface area (TPSA) is 56.6 Å². The van der Waals surface area contributed by atoms with Gasteiger partial charge in [0.15, 0.2) is 0 Å². The molecule has 0 saturated carbocycles. The van der Waals surface area contributed by atoms with Crippen molar-refractivity contribution in [1.82, 2.24) is 4.98 Å². The SMILES string of the molecule is N#CCc1[nH]cc(I)c(=O)c1C(F)F. The number of pyridine rings is 1. The quantitative estimate of drug-likeness (QED) is 0.849. The van der Waals surface area contributed by atoms with E-state index >= 15 is 0 Å². The van der Waals surface area contributed by atoms with Crippen molar-refractivity contribution in [2.45, 2.75) is 12.8 Å². The van der Waals surface area contributed by atoms with Crippen LogP contribution in [0.3, 0.4) is 0 Å². The van der Waals surface area contributed by atoms with Crippen molar-refractivity contribution >= 4 is 22.6 Å². The number of nitrogens with one attached hydrogen (secondary N) is 1. The van der Waals surface area contributed by atoms with E-state index in [2.05, 4.69) is 4.98 Å². The summed E-state index contributed by atoms with van der Waals surface area (Å²) in [6, 6.07) is 1.72. The molecule has 0 radical (unpaired) electrons. The van der Waals surface area contributed by atoms with Gasteiger partial charge in [0, 0.05) is 11.9 Å². The second-order valence-corrected chi connectivity index (χ2v) is 3.66. The van der Waals surface area contributed by atoms with Gasteiger partial charge in [-0.15, -0.1) is 0 Å². The van der Waals surface area contributed by atoms with Crippen LogP contribution in [0.4, 0.5) is 8.78 Å². The highest BCUT2D eigenvalue weighted by molar-refractivity contribution is 14.1. The number of nitrogens with zero attached hydrogens (tertiary/aromatic N) is 1. The van der Waals surface area contributed by atoms with Crippen LogP contribution in [0, 0.1) is 14.9 Å². The van der Waals surface area contributed by atoms with Crippen molar-refractivity contribution in [1.29, 1.82) is 5.26 Å². The Bertz CT molecular complexity index is 436. The van der Waals surface area contributed by atoms with Gasteiger partial charge in [0.05, 0.1) is 21.6 Å². The molecular weight excluding hydrogens is 305 g/mol. The average Bonchev–Trinajstić information content (AvgIpc) is 2.11. The van der Waals surface area contributed by atoms with Crippen LogP contribution in [0.5, 0.6) is 0 Å². The van der Waals surface area contributed by atoms with Crippen LogP contribution >= 0.6 is 22.6 Å². The summed E-state index contributed by atoms with van der Waals surface area (Å²) >= 11 is 1.67. The summed E-state index contributed by atoms with van der Waals surface area (Å²) in [6.45, 7) is 0. The monoisotopic (exact) mass is 310 g/mol. The Morgan fingerprint density at radius 3 is 2.79 bits per heavy atom. The van der Waals surface area contributed by atoms with Gasteiger partial charge in [-0.3, -0.25) is 4.79 Å². The van der Waals surface area contributed by atoms with Crippen LogP contribution in [0.15, 0.2) is 11.0 Å². The Hall–Kier alpha value is -0.970. The van der Waals surface area contributed by atoms with Gasteiger partial charge >= 0.3 is 0 Å². The number of hydrogen-bond donors (Lipinski definition) is 1. The minimum Gasteiger partial charge on any atom is -0.363 e. The standard InChI is InChI=1S/C8H5F2IN2O/c9-8(10)6-5(1-2-12)13-3-4(11)7(6)14/h3,8H,1H2,(H,13,14). The molecule has 0 spiro atoms. The van der Waals surface area contributed by atoms with Crippen molar-refractivity contribution in [3.8, 4) is 6.07 Å². The number of rotatable bonds is 2. The second-order valence-electron chi connectivity index (χ2n) is 2.49. The fourth-order valence-corrected chi connectivity index (χ4v) is 1.46. The van der Waals surface area contributed by atoms with Crippen LogP contribution in [-0.4, -0.2) is 4.98 Å². The molecule has 0 aliphatic heterocycles. The molecule has 1 N–H and O–H groups in total. The number of halogens is 3. The number of aromatic nitrogens is 1. The first-order valence-electron chi connectivity index (χ1n) is 3.63. The third-order valence-corrected chi connectivity index (χ3v) is 2.44. The molecule has 0 unspecified atom stereocenters. The average molecular weight is 310 g/mol. The van der Waals surface area contributed by atoms with Gasteiger partial charge in [-0.05, 0) is 22.6 Å². The molecule has 1 aromatic heterocycles. The molecule has 14 heavy (non-hydrogen) atoms. The van der Waals surface area contributed by atoms with Crippen molar-refractivity contribution in [2.75, 3.05) is 0 Å². The third kappa shape index (κ3) is 2.09. The van der Waals surface area contributed by atoms with Crippen molar-refractivity contribution in [2.24, 2.45) is 0 Å². The maximum atomic E-state index is 12.5. The number of nitriles is 1. The minimum absolute atomic E-state index is 0.00656. The summed E-state index contributed by atoms with van der Waals surface area (Å²) < 4.78 is 25.1. The first kappa shape index (κ1) is 11.1. The van der Waals surface area contributed by atoms with Crippen LogP contribution in [0.25, 0.3) is 0 Å². The minimum atomic E-state index is -2.85. The highest BCUT2D eigenvalue weighted by Crippen LogP contribution is 2.19. The summed E-state index contributed by atoms with van der Waals surface area (Å²) in [5.74, 6) is 0. The number of alkyl halides is 2. The zero-order chi connectivity index (χ0) is 10.7. The van der Waals surface area contributed by atoms with Gasteiger partial charge in [-0.2, -0.15) is 5.26 Å². The van der Waals surface area contributed by atoms with E-state index in [1.807, 2.05) is 0 Å². The molecular formula is C8H5F2IN2O. The van der Waals surface area contributed by atoms with E-state index in [4.69, 9.17) is 5.26 Å². The third-order valence-electron chi connectivity index (χ3n) is 1.63. The van der Waals surface area contributed by atoms with Crippen LogP contribution in [-0.2, 0) is 6.42 Å². The molecule has 0 fully saturated rings. The molecule has 3 nitrogen and oxygen atoms in total. The van der Waals surface area contributed by atoms with Gasteiger partial charge in [0.2, 0.25) is 5.43 Å². The Kier molecular flexibility index (Phi) is 3.57. The Labute approximate surface area is 91.9 Å². The van der Waals surface area contributed by atoms with Gasteiger partial charge in [0.25, 0.3) is 6.43 Å². The molecule has 0 aromatic carbocycles.